The van der Waals surface area contributed by atoms with Crippen LogP contribution >= 0.6 is 11.6 Å². The smallest absolute Gasteiger partial charge is 0.251 e. The van der Waals surface area contributed by atoms with E-state index < -0.39 is 5.92 Å². The van der Waals surface area contributed by atoms with Gasteiger partial charge in [-0.25, -0.2) is 0 Å². The first-order valence-corrected chi connectivity index (χ1v) is 10.4. The molecular formula is C23H26ClN3O3. The molecule has 3 amide bonds. The van der Waals surface area contributed by atoms with Gasteiger partial charge in [-0.05, 0) is 54.8 Å². The van der Waals surface area contributed by atoms with Gasteiger partial charge in [-0.2, -0.15) is 0 Å². The zero-order valence-corrected chi connectivity index (χ0v) is 18.1. The van der Waals surface area contributed by atoms with Crippen molar-refractivity contribution in [2.75, 3.05) is 23.3 Å². The summed E-state index contributed by atoms with van der Waals surface area (Å²) in [6, 6.07) is 12.2. The monoisotopic (exact) mass is 427 g/mol. The lowest BCUT2D eigenvalue weighted by atomic mass is 10.1. The van der Waals surface area contributed by atoms with Gasteiger partial charge in [0, 0.05) is 41.5 Å². The number of aryl methyl sites for hydroxylation is 1. The minimum atomic E-state index is -0.454. The van der Waals surface area contributed by atoms with Crippen LogP contribution in [0.25, 0.3) is 0 Å². The van der Waals surface area contributed by atoms with Crippen molar-refractivity contribution >= 4 is 40.7 Å². The van der Waals surface area contributed by atoms with E-state index in [2.05, 4.69) is 10.6 Å². The zero-order chi connectivity index (χ0) is 21.8. The molecule has 2 N–H and O–H groups in total. The first kappa shape index (κ1) is 21.8. The fourth-order valence-corrected chi connectivity index (χ4v) is 3.54. The number of amides is 3. The SMILES string of the molecule is Cc1cc(C(=O)NCC(C)C)ccc1NC(=O)C1CC(=O)N(c2cccc(Cl)c2)C1. The van der Waals surface area contributed by atoms with Gasteiger partial charge in [-0.1, -0.05) is 31.5 Å². The Morgan fingerprint density at radius 3 is 2.63 bits per heavy atom. The zero-order valence-electron chi connectivity index (χ0n) is 17.4. The second kappa shape index (κ2) is 9.30. The molecule has 1 fully saturated rings. The summed E-state index contributed by atoms with van der Waals surface area (Å²) in [6.45, 7) is 6.82. The van der Waals surface area contributed by atoms with Crippen LogP contribution < -0.4 is 15.5 Å². The highest BCUT2D eigenvalue weighted by Crippen LogP contribution is 2.28. The van der Waals surface area contributed by atoms with E-state index in [0.717, 1.165) is 5.56 Å². The Labute approximate surface area is 181 Å². The Morgan fingerprint density at radius 2 is 1.97 bits per heavy atom. The number of rotatable bonds is 6. The molecule has 0 spiro atoms. The van der Waals surface area contributed by atoms with E-state index in [4.69, 9.17) is 11.6 Å². The molecule has 1 atom stereocenters. The highest BCUT2D eigenvalue weighted by atomic mass is 35.5. The maximum absolute atomic E-state index is 12.8. The van der Waals surface area contributed by atoms with Gasteiger partial charge in [0.2, 0.25) is 11.8 Å². The summed E-state index contributed by atoms with van der Waals surface area (Å²) in [4.78, 5) is 39.0. The first-order valence-electron chi connectivity index (χ1n) is 10.00. The average Bonchev–Trinajstić information content (AvgIpc) is 3.09. The molecule has 1 aliphatic heterocycles. The Kier molecular flexibility index (Phi) is 6.77. The lowest BCUT2D eigenvalue weighted by Gasteiger charge is -2.17. The van der Waals surface area contributed by atoms with Crippen molar-refractivity contribution in [3.05, 3.63) is 58.6 Å². The van der Waals surface area contributed by atoms with Crippen LogP contribution in [0.3, 0.4) is 0 Å². The van der Waals surface area contributed by atoms with Crippen molar-refractivity contribution in [1.82, 2.24) is 5.32 Å². The molecule has 0 aromatic heterocycles. The van der Waals surface area contributed by atoms with Crippen molar-refractivity contribution in [2.45, 2.75) is 27.2 Å². The van der Waals surface area contributed by atoms with Crippen molar-refractivity contribution < 1.29 is 14.4 Å². The predicted octanol–water partition coefficient (Wildman–Crippen LogP) is 4.03. The van der Waals surface area contributed by atoms with E-state index in [0.29, 0.717) is 41.0 Å². The van der Waals surface area contributed by atoms with E-state index in [1.807, 2.05) is 20.8 Å². The number of benzene rings is 2. The summed E-state index contributed by atoms with van der Waals surface area (Å²) in [7, 11) is 0. The standard InChI is InChI=1S/C23H26ClN3O3/c1-14(2)12-25-22(29)16-7-8-20(15(3)9-16)26-23(30)17-10-21(28)27(13-17)19-6-4-5-18(24)11-19/h4-9,11,14,17H,10,12-13H2,1-3H3,(H,25,29)(H,26,30). The van der Waals surface area contributed by atoms with Crippen LogP contribution in [0, 0.1) is 18.8 Å². The molecule has 2 aromatic rings. The van der Waals surface area contributed by atoms with Gasteiger partial charge in [0.25, 0.3) is 5.91 Å². The Bertz CT molecular complexity index is 974. The van der Waals surface area contributed by atoms with Gasteiger partial charge in [0.05, 0.1) is 5.92 Å². The Morgan fingerprint density at radius 1 is 1.20 bits per heavy atom. The molecule has 2 aromatic carbocycles. The average molecular weight is 428 g/mol. The molecule has 1 saturated heterocycles. The maximum atomic E-state index is 12.8. The van der Waals surface area contributed by atoms with Crippen LogP contribution in [-0.2, 0) is 9.59 Å². The van der Waals surface area contributed by atoms with Gasteiger partial charge in [0.15, 0.2) is 0 Å². The lowest BCUT2D eigenvalue weighted by Crippen LogP contribution is -2.28. The molecule has 7 heteroatoms. The summed E-state index contributed by atoms with van der Waals surface area (Å²) in [5, 5.41) is 6.32. The molecule has 1 heterocycles. The first-order chi connectivity index (χ1) is 14.2. The number of carbonyl (C=O) groups is 3. The van der Waals surface area contributed by atoms with E-state index in [1.54, 1.807) is 47.4 Å². The number of hydrogen-bond acceptors (Lipinski definition) is 3. The molecule has 1 unspecified atom stereocenters. The van der Waals surface area contributed by atoms with Crippen molar-refractivity contribution in [3.63, 3.8) is 0 Å². The van der Waals surface area contributed by atoms with E-state index in [9.17, 15) is 14.4 Å². The number of halogens is 1. The largest absolute Gasteiger partial charge is 0.352 e. The van der Waals surface area contributed by atoms with Gasteiger partial charge < -0.3 is 15.5 Å². The highest BCUT2D eigenvalue weighted by Gasteiger charge is 2.35. The number of anilines is 2. The van der Waals surface area contributed by atoms with Crippen molar-refractivity contribution in [2.24, 2.45) is 11.8 Å². The molecule has 6 nitrogen and oxygen atoms in total. The molecule has 30 heavy (non-hydrogen) atoms. The Hall–Kier alpha value is -2.86. The fourth-order valence-electron chi connectivity index (χ4n) is 3.36. The van der Waals surface area contributed by atoms with Crippen molar-refractivity contribution in [1.29, 1.82) is 0 Å². The summed E-state index contributed by atoms with van der Waals surface area (Å²) < 4.78 is 0. The second-order valence-electron chi connectivity index (χ2n) is 8.01. The Balaban J connectivity index is 1.65. The molecule has 0 saturated carbocycles. The molecule has 1 aliphatic rings. The van der Waals surface area contributed by atoms with Crippen LogP contribution in [0.5, 0.6) is 0 Å². The molecule has 3 rings (SSSR count). The highest BCUT2D eigenvalue weighted by molar-refractivity contribution is 6.31. The summed E-state index contributed by atoms with van der Waals surface area (Å²) in [5.41, 5.74) is 2.66. The number of hydrogen-bond donors (Lipinski definition) is 2. The normalized spacial score (nSPS) is 16.1. The van der Waals surface area contributed by atoms with Gasteiger partial charge in [0.1, 0.15) is 0 Å². The third-order valence-corrected chi connectivity index (χ3v) is 5.27. The van der Waals surface area contributed by atoms with Crippen LogP contribution in [0.15, 0.2) is 42.5 Å². The number of carbonyl (C=O) groups excluding carboxylic acids is 3. The summed E-state index contributed by atoms with van der Waals surface area (Å²) in [6.07, 6.45) is 0.146. The van der Waals surface area contributed by atoms with Crippen LogP contribution in [0.4, 0.5) is 11.4 Å². The quantitative estimate of drug-likeness (QED) is 0.730. The fraction of sp³-hybridized carbons (Fsp3) is 0.348. The maximum Gasteiger partial charge on any atom is 0.251 e. The van der Waals surface area contributed by atoms with Crippen LogP contribution in [-0.4, -0.2) is 30.8 Å². The van der Waals surface area contributed by atoms with Gasteiger partial charge >= 0.3 is 0 Å². The van der Waals surface area contributed by atoms with Crippen molar-refractivity contribution in [3.8, 4) is 0 Å². The third-order valence-electron chi connectivity index (χ3n) is 5.03. The third kappa shape index (κ3) is 5.19. The van der Waals surface area contributed by atoms with E-state index >= 15 is 0 Å². The number of nitrogens with one attached hydrogen (secondary N) is 2. The lowest BCUT2D eigenvalue weighted by molar-refractivity contribution is -0.122. The van der Waals surface area contributed by atoms with Crippen LogP contribution in [0.1, 0.15) is 36.2 Å². The predicted molar refractivity (Wildman–Crippen MR) is 119 cm³/mol. The second-order valence-corrected chi connectivity index (χ2v) is 8.44. The molecule has 0 radical (unpaired) electrons. The molecule has 0 aliphatic carbocycles. The minimum absolute atomic E-state index is 0.105. The van der Waals surface area contributed by atoms with E-state index in [1.165, 1.54) is 0 Å². The van der Waals surface area contributed by atoms with E-state index in [-0.39, 0.29) is 24.1 Å². The summed E-state index contributed by atoms with van der Waals surface area (Å²) in [5.74, 6) is -0.540. The topological polar surface area (TPSA) is 78.5 Å². The minimum Gasteiger partial charge on any atom is -0.352 e. The van der Waals surface area contributed by atoms with Crippen LogP contribution in [0.2, 0.25) is 5.02 Å². The summed E-state index contributed by atoms with van der Waals surface area (Å²) >= 11 is 6.02. The molecule has 158 valence electrons. The molecule has 0 bridgehead atoms. The number of nitrogens with zero attached hydrogens (tertiary/aromatic N) is 1. The van der Waals surface area contributed by atoms with Gasteiger partial charge in [-0.15, -0.1) is 0 Å². The van der Waals surface area contributed by atoms with Gasteiger partial charge in [-0.3, -0.25) is 14.4 Å². The molecular weight excluding hydrogens is 402 g/mol.